The van der Waals surface area contributed by atoms with E-state index in [0.29, 0.717) is 17.8 Å². The maximum absolute atomic E-state index is 5.38. The Morgan fingerprint density at radius 3 is 2.75 bits per heavy atom. The van der Waals surface area contributed by atoms with Crippen molar-refractivity contribution < 1.29 is 4.52 Å². The molecule has 0 bridgehead atoms. The van der Waals surface area contributed by atoms with Gasteiger partial charge < -0.3 is 9.84 Å². The second kappa shape index (κ2) is 6.61. The van der Waals surface area contributed by atoms with Gasteiger partial charge in [-0.05, 0) is 38.9 Å². The normalized spacial score (nSPS) is 14.2. The van der Waals surface area contributed by atoms with E-state index in [0.717, 1.165) is 24.4 Å². The van der Waals surface area contributed by atoms with E-state index in [1.807, 2.05) is 25.1 Å². The molecule has 2 aromatic rings. The first kappa shape index (κ1) is 14.7. The molecule has 2 heterocycles. The Bertz CT molecular complexity index is 552. The predicted molar refractivity (Wildman–Crippen MR) is 78.4 cm³/mol. The van der Waals surface area contributed by atoms with Crippen LogP contribution in [0.25, 0.3) is 11.5 Å². The minimum atomic E-state index is 0.174. The van der Waals surface area contributed by atoms with Gasteiger partial charge in [-0.2, -0.15) is 4.98 Å². The van der Waals surface area contributed by atoms with Crippen molar-refractivity contribution in [2.75, 3.05) is 6.54 Å². The first-order valence-electron chi connectivity index (χ1n) is 7.12. The molecule has 0 aliphatic carbocycles. The summed E-state index contributed by atoms with van der Waals surface area (Å²) in [5.74, 6) is 1.38. The summed E-state index contributed by atoms with van der Waals surface area (Å²) in [7, 11) is 0. The lowest BCUT2D eigenvalue weighted by atomic mass is 10.0. The van der Waals surface area contributed by atoms with Gasteiger partial charge in [0.25, 0.3) is 0 Å². The zero-order chi connectivity index (χ0) is 14.5. The highest BCUT2D eigenvalue weighted by Gasteiger charge is 2.21. The third-order valence-corrected chi connectivity index (χ3v) is 3.42. The number of pyridine rings is 1. The Hall–Kier alpha value is -1.75. The van der Waals surface area contributed by atoms with Gasteiger partial charge in [0.05, 0.1) is 5.92 Å². The molecule has 0 spiro atoms. The molecule has 2 aromatic heterocycles. The van der Waals surface area contributed by atoms with Crippen LogP contribution in [0.5, 0.6) is 0 Å². The van der Waals surface area contributed by atoms with Crippen molar-refractivity contribution in [3.63, 3.8) is 0 Å². The Morgan fingerprint density at radius 2 is 2.05 bits per heavy atom. The van der Waals surface area contributed by atoms with Crippen molar-refractivity contribution in [3.8, 4) is 11.5 Å². The highest BCUT2D eigenvalue weighted by Crippen LogP contribution is 2.21. The van der Waals surface area contributed by atoms with Crippen LogP contribution in [-0.4, -0.2) is 27.7 Å². The fourth-order valence-corrected chi connectivity index (χ4v) is 1.95. The fourth-order valence-electron chi connectivity index (χ4n) is 1.95. The summed E-state index contributed by atoms with van der Waals surface area (Å²) in [6.45, 7) is 9.32. The average molecular weight is 274 g/mol. The van der Waals surface area contributed by atoms with Crippen LogP contribution in [-0.2, 0) is 0 Å². The van der Waals surface area contributed by atoms with Gasteiger partial charge in [-0.25, -0.2) is 4.98 Å². The van der Waals surface area contributed by atoms with Crippen LogP contribution in [0, 0.1) is 6.92 Å². The summed E-state index contributed by atoms with van der Waals surface area (Å²) in [5.41, 5.74) is 1.70. The Kier molecular flexibility index (Phi) is 4.84. The van der Waals surface area contributed by atoms with Crippen molar-refractivity contribution in [1.29, 1.82) is 0 Å². The van der Waals surface area contributed by atoms with Crippen LogP contribution in [0.3, 0.4) is 0 Å². The van der Waals surface area contributed by atoms with Crippen LogP contribution in [0.2, 0.25) is 0 Å². The quantitative estimate of drug-likeness (QED) is 0.877. The summed E-state index contributed by atoms with van der Waals surface area (Å²) < 4.78 is 5.38. The lowest BCUT2D eigenvalue weighted by Crippen LogP contribution is -2.31. The maximum atomic E-state index is 5.38. The van der Waals surface area contributed by atoms with Crippen LogP contribution < -0.4 is 5.32 Å². The monoisotopic (exact) mass is 274 g/mol. The summed E-state index contributed by atoms with van der Waals surface area (Å²) >= 11 is 0. The molecule has 2 rings (SSSR count). The van der Waals surface area contributed by atoms with Crippen LogP contribution in [0.1, 0.15) is 44.7 Å². The van der Waals surface area contributed by atoms with Gasteiger partial charge in [0, 0.05) is 11.7 Å². The molecule has 108 valence electrons. The minimum absolute atomic E-state index is 0.174. The number of aryl methyl sites for hydroxylation is 1. The number of hydrogen-bond acceptors (Lipinski definition) is 5. The number of aromatic nitrogens is 3. The molecule has 0 aliphatic rings. The highest BCUT2D eigenvalue weighted by molar-refractivity contribution is 5.48. The molecule has 2 atom stereocenters. The third kappa shape index (κ3) is 3.42. The van der Waals surface area contributed by atoms with Gasteiger partial charge in [-0.15, -0.1) is 0 Å². The van der Waals surface area contributed by atoms with E-state index in [1.165, 1.54) is 0 Å². The van der Waals surface area contributed by atoms with Gasteiger partial charge in [-0.1, -0.05) is 25.1 Å². The first-order valence-corrected chi connectivity index (χ1v) is 7.12. The number of nitrogens with one attached hydrogen (secondary N) is 1. The molecular formula is C15H22N4O. The SMILES string of the molecule is CCCNC(C)C(C)c1nc(-c2cccc(C)n2)no1. The molecule has 0 radical (unpaired) electrons. The molecular weight excluding hydrogens is 252 g/mol. The van der Waals surface area contributed by atoms with Gasteiger partial charge in [0.2, 0.25) is 11.7 Å². The smallest absolute Gasteiger partial charge is 0.231 e. The minimum Gasteiger partial charge on any atom is -0.339 e. The zero-order valence-corrected chi connectivity index (χ0v) is 12.6. The molecule has 5 heteroatoms. The fraction of sp³-hybridized carbons (Fsp3) is 0.533. The molecule has 0 aromatic carbocycles. The number of nitrogens with zero attached hydrogens (tertiary/aromatic N) is 3. The summed E-state index contributed by atoms with van der Waals surface area (Å²) in [5, 5.41) is 7.48. The topological polar surface area (TPSA) is 63.8 Å². The van der Waals surface area contributed by atoms with Crippen molar-refractivity contribution in [2.24, 2.45) is 0 Å². The number of hydrogen-bond donors (Lipinski definition) is 1. The highest BCUT2D eigenvalue weighted by atomic mass is 16.5. The van der Waals surface area contributed by atoms with Crippen molar-refractivity contribution in [1.82, 2.24) is 20.4 Å². The van der Waals surface area contributed by atoms with E-state index >= 15 is 0 Å². The molecule has 0 fully saturated rings. The predicted octanol–water partition coefficient (Wildman–Crippen LogP) is 2.93. The van der Waals surface area contributed by atoms with E-state index in [-0.39, 0.29) is 5.92 Å². The lowest BCUT2D eigenvalue weighted by molar-refractivity contribution is 0.331. The van der Waals surface area contributed by atoms with Gasteiger partial charge in [0.1, 0.15) is 5.69 Å². The summed E-state index contributed by atoms with van der Waals surface area (Å²) in [4.78, 5) is 8.88. The van der Waals surface area contributed by atoms with Gasteiger partial charge >= 0.3 is 0 Å². The Morgan fingerprint density at radius 1 is 1.25 bits per heavy atom. The lowest BCUT2D eigenvalue weighted by Gasteiger charge is -2.17. The standard InChI is InChI=1S/C15H22N4O/c1-5-9-16-12(4)11(3)15-18-14(19-20-15)13-8-6-7-10(2)17-13/h6-8,11-12,16H,5,9H2,1-4H3. The second-order valence-electron chi connectivity index (χ2n) is 5.15. The third-order valence-electron chi connectivity index (χ3n) is 3.42. The molecule has 1 N–H and O–H groups in total. The summed E-state index contributed by atoms with van der Waals surface area (Å²) in [6, 6.07) is 6.09. The molecule has 5 nitrogen and oxygen atoms in total. The van der Waals surface area contributed by atoms with E-state index < -0.39 is 0 Å². The Balaban J connectivity index is 2.12. The van der Waals surface area contributed by atoms with Crippen molar-refractivity contribution in [2.45, 2.75) is 46.1 Å². The molecule has 0 saturated heterocycles. The molecule has 0 amide bonds. The molecule has 0 aliphatic heterocycles. The number of rotatable bonds is 6. The largest absolute Gasteiger partial charge is 0.339 e. The molecule has 2 unspecified atom stereocenters. The van der Waals surface area contributed by atoms with E-state index in [2.05, 4.69) is 41.2 Å². The molecule has 20 heavy (non-hydrogen) atoms. The van der Waals surface area contributed by atoms with Gasteiger partial charge in [0.15, 0.2) is 0 Å². The summed E-state index contributed by atoms with van der Waals surface area (Å²) in [6.07, 6.45) is 1.11. The van der Waals surface area contributed by atoms with Gasteiger partial charge in [-0.3, -0.25) is 0 Å². The first-order chi connectivity index (χ1) is 9.61. The van der Waals surface area contributed by atoms with Crippen LogP contribution >= 0.6 is 0 Å². The molecule has 0 saturated carbocycles. The van der Waals surface area contributed by atoms with E-state index in [1.54, 1.807) is 0 Å². The zero-order valence-electron chi connectivity index (χ0n) is 12.6. The van der Waals surface area contributed by atoms with E-state index in [4.69, 9.17) is 4.52 Å². The maximum Gasteiger partial charge on any atom is 0.231 e. The van der Waals surface area contributed by atoms with Crippen molar-refractivity contribution >= 4 is 0 Å². The second-order valence-corrected chi connectivity index (χ2v) is 5.15. The average Bonchev–Trinajstić information content (AvgIpc) is 2.93. The van der Waals surface area contributed by atoms with Crippen LogP contribution in [0.15, 0.2) is 22.7 Å². The van der Waals surface area contributed by atoms with Crippen LogP contribution in [0.4, 0.5) is 0 Å². The Labute approximate surface area is 119 Å². The van der Waals surface area contributed by atoms with Crippen molar-refractivity contribution in [3.05, 3.63) is 29.8 Å². The van der Waals surface area contributed by atoms with E-state index in [9.17, 15) is 0 Å².